The summed E-state index contributed by atoms with van der Waals surface area (Å²) in [6.07, 6.45) is 33.4. The normalized spacial score (nSPS) is 20.3. The van der Waals surface area contributed by atoms with Gasteiger partial charge >= 0.3 is 19.8 Å². The van der Waals surface area contributed by atoms with Gasteiger partial charge in [0.25, 0.3) is 0 Å². The van der Waals surface area contributed by atoms with E-state index in [1.165, 1.54) is 38.5 Å². The third-order valence-corrected chi connectivity index (χ3v) is 10.4. The van der Waals surface area contributed by atoms with E-state index in [0.29, 0.717) is 32.1 Å². The second-order valence-electron chi connectivity index (χ2n) is 14.9. The van der Waals surface area contributed by atoms with Crippen LogP contribution in [-0.4, -0.2) is 74.7 Å². The standard InChI is InChI=1S/C43H75O11P/c1-3-5-7-8-9-10-11-12-13-14-15-16-17-18-19-20-26-30-43(48)54-37(35-53-55(49,50)51)34-52-42(47)29-25-22-21-24-28-38-39(41(46)33-40(38)45)32-31-36(44)27-23-6-4-2/h12-13,15-16,18-19,31-32,36-41,44-46H,3-11,14,17,20-30,33-35H2,1-2H3,(H2,49,50,51)/b13-12-,16-15-,19-18-,32-31+/t36-,37+,38+,39+,40-,41+/m0/s1. The van der Waals surface area contributed by atoms with E-state index in [4.69, 9.17) is 19.3 Å². The molecule has 12 heteroatoms. The van der Waals surface area contributed by atoms with Crippen molar-refractivity contribution in [3.63, 3.8) is 0 Å². The van der Waals surface area contributed by atoms with Crippen molar-refractivity contribution in [2.75, 3.05) is 13.2 Å². The molecule has 1 rings (SSSR count). The minimum Gasteiger partial charge on any atom is -0.462 e. The maximum atomic E-state index is 12.4. The molecule has 0 spiro atoms. The van der Waals surface area contributed by atoms with Gasteiger partial charge in [0.1, 0.15) is 6.61 Å². The number of hydrogen-bond acceptors (Lipinski definition) is 9. The van der Waals surface area contributed by atoms with Crippen LogP contribution in [0, 0.1) is 11.8 Å². The summed E-state index contributed by atoms with van der Waals surface area (Å²) < 4.78 is 26.3. The van der Waals surface area contributed by atoms with Gasteiger partial charge in [-0.2, -0.15) is 0 Å². The molecule has 0 aliphatic heterocycles. The molecule has 0 aromatic rings. The number of phosphoric ester groups is 1. The van der Waals surface area contributed by atoms with Crippen LogP contribution in [0.5, 0.6) is 0 Å². The summed E-state index contributed by atoms with van der Waals surface area (Å²) in [6.45, 7) is 3.35. The molecule has 5 N–H and O–H groups in total. The highest BCUT2D eigenvalue weighted by Gasteiger charge is 2.39. The van der Waals surface area contributed by atoms with Crippen LogP contribution in [0.4, 0.5) is 0 Å². The highest BCUT2D eigenvalue weighted by atomic mass is 31.2. The van der Waals surface area contributed by atoms with Gasteiger partial charge in [0.2, 0.25) is 0 Å². The lowest BCUT2D eigenvalue weighted by Crippen LogP contribution is -2.29. The fourth-order valence-corrected chi connectivity index (χ4v) is 7.08. The first-order valence-corrected chi connectivity index (χ1v) is 22.7. The molecular weight excluding hydrogens is 723 g/mol. The highest BCUT2D eigenvalue weighted by molar-refractivity contribution is 7.46. The average molecular weight is 799 g/mol. The van der Waals surface area contributed by atoms with Crippen molar-refractivity contribution in [1.29, 1.82) is 0 Å². The van der Waals surface area contributed by atoms with Gasteiger partial charge in [-0.15, -0.1) is 0 Å². The van der Waals surface area contributed by atoms with Crippen LogP contribution in [0.15, 0.2) is 48.6 Å². The third kappa shape index (κ3) is 28.9. The van der Waals surface area contributed by atoms with E-state index in [1.807, 2.05) is 18.2 Å². The molecule has 0 bridgehead atoms. The Morgan fingerprint density at radius 3 is 1.98 bits per heavy atom. The van der Waals surface area contributed by atoms with Crippen LogP contribution in [0.3, 0.4) is 0 Å². The molecule has 6 atom stereocenters. The van der Waals surface area contributed by atoms with E-state index >= 15 is 0 Å². The Bertz CT molecular complexity index is 1150. The summed E-state index contributed by atoms with van der Waals surface area (Å²) >= 11 is 0. The number of unbranched alkanes of at least 4 members (excludes halogenated alkanes) is 12. The van der Waals surface area contributed by atoms with Crippen molar-refractivity contribution in [1.82, 2.24) is 0 Å². The Hall–Kier alpha value is -2.11. The number of allylic oxidation sites excluding steroid dienone is 6. The smallest absolute Gasteiger partial charge is 0.462 e. The number of rotatable bonds is 34. The van der Waals surface area contributed by atoms with Gasteiger partial charge in [-0.05, 0) is 63.7 Å². The minimum absolute atomic E-state index is 0.0880. The van der Waals surface area contributed by atoms with Gasteiger partial charge in [-0.3, -0.25) is 14.1 Å². The second kappa shape index (κ2) is 32.9. The van der Waals surface area contributed by atoms with Crippen molar-refractivity contribution >= 4 is 19.8 Å². The number of carbonyl (C=O) groups is 2. The number of aliphatic hydroxyl groups is 3. The Labute approximate surface area is 331 Å². The van der Waals surface area contributed by atoms with E-state index in [0.717, 1.165) is 64.2 Å². The topological polar surface area (TPSA) is 180 Å². The number of phosphoric acid groups is 1. The average Bonchev–Trinajstić information content (AvgIpc) is 3.41. The monoisotopic (exact) mass is 799 g/mol. The number of ether oxygens (including phenoxy) is 2. The van der Waals surface area contributed by atoms with E-state index in [9.17, 15) is 29.5 Å². The van der Waals surface area contributed by atoms with Gasteiger partial charge in [-0.25, -0.2) is 4.57 Å². The van der Waals surface area contributed by atoms with Gasteiger partial charge in [-0.1, -0.05) is 133 Å². The minimum atomic E-state index is -4.82. The van der Waals surface area contributed by atoms with Crippen molar-refractivity contribution in [3.05, 3.63) is 48.6 Å². The summed E-state index contributed by atoms with van der Waals surface area (Å²) in [6, 6.07) is 0. The Kier molecular flexibility index (Phi) is 30.5. The number of carbonyl (C=O) groups excluding carboxylic acids is 2. The SMILES string of the molecule is CCCCCCCC/C=C\C/C=C\C/C=C\CCCC(=O)O[C@H](COC(=O)CCCCCC[C@@H]1[C@@H](/C=C/[C@@H](O)CCCCC)[C@H](O)C[C@@H]1O)COP(=O)(O)O. The number of hydrogen-bond donors (Lipinski definition) is 5. The molecule has 0 saturated heterocycles. The van der Waals surface area contributed by atoms with E-state index < -0.39 is 50.8 Å². The van der Waals surface area contributed by atoms with E-state index in [2.05, 4.69) is 42.7 Å². The van der Waals surface area contributed by atoms with Gasteiger partial charge < -0.3 is 34.6 Å². The first kappa shape index (κ1) is 50.9. The van der Waals surface area contributed by atoms with Crippen LogP contribution in [0.2, 0.25) is 0 Å². The fourth-order valence-electron chi connectivity index (χ4n) is 6.72. The largest absolute Gasteiger partial charge is 0.469 e. The fraction of sp³-hybridized carbons (Fsp3) is 0.767. The Morgan fingerprint density at radius 2 is 1.29 bits per heavy atom. The molecule has 0 amide bonds. The number of aliphatic hydroxyl groups excluding tert-OH is 3. The molecule has 0 heterocycles. The Morgan fingerprint density at radius 1 is 0.709 bits per heavy atom. The Balaban J connectivity index is 2.30. The molecule has 1 fully saturated rings. The molecular formula is C43H75O11P. The van der Waals surface area contributed by atoms with Crippen molar-refractivity contribution < 1.29 is 53.3 Å². The summed E-state index contributed by atoms with van der Waals surface area (Å²) in [5.41, 5.74) is 0. The number of esters is 2. The molecule has 0 radical (unpaired) electrons. The zero-order chi connectivity index (χ0) is 40.6. The first-order valence-electron chi connectivity index (χ1n) is 21.2. The summed E-state index contributed by atoms with van der Waals surface area (Å²) in [4.78, 5) is 43.0. The molecule has 11 nitrogen and oxygen atoms in total. The maximum absolute atomic E-state index is 12.4. The summed E-state index contributed by atoms with van der Waals surface area (Å²) in [5.74, 6) is -1.38. The van der Waals surface area contributed by atoms with Crippen molar-refractivity contribution in [2.24, 2.45) is 11.8 Å². The zero-order valence-corrected chi connectivity index (χ0v) is 34.8. The lowest BCUT2D eigenvalue weighted by Gasteiger charge is -2.21. The molecule has 0 aromatic heterocycles. The molecule has 1 aliphatic rings. The molecule has 0 unspecified atom stereocenters. The molecule has 0 aromatic carbocycles. The van der Waals surface area contributed by atoms with Gasteiger partial charge in [0.15, 0.2) is 6.10 Å². The van der Waals surface area contributed by atoms with Crippen LogP contribution in [0.25, 0.3) is 0 Å². The van der Waals surface area contributed by atoms with E-state index in [1.54, 1.807) is 6.08 Å². The molecule has 1 aliphatic carbocycles. The van der Waals surface area contributed by atoms with Gasteiger partial charge in [0.05, 0.1) is 24.9 Å². The van der Waals surface area contributed by atoms with Crippen LogP contribution in [-0.2, 0) is 28.2 Å². The zero-order valence-electron chi connectivity index (χ0n) is 33.9. The van der Waals surface area contributed by atoms with Gasteiger partial charge in [0, 0.05) is 25.2 Å². The summed E-state index contributed by atoms with van der Waals surface area (Å²) in [5, 5.41) is 31.2. The predicted molar refractivity (Wildman–Crippen MR) is 218 cm³/mol. The van der Waals surface area contributed by atoms with E-state index in [-0.39, 0.29) is 31.3 Å². The van der Waals surface area contributed by atoms with Crippen LogP contribution >= 0.6 is 7.82 Å². The third-order valence-electron chi connectivity index (χ3n) is 9.92. The van der Waals surface area contributed by atoms with Crippen molar-refractivity contribution in [3.8, 4) is 0 Å². The van der Waals surface area contributed by atoms with Crippen LogP contribution in [0.1, 0.15) is 162 Å². The lowest BCUT2D eigenvalue weighted by molar-refractivity contribution is -0.161. The maximum Gasteiger partial charge on any atom is 0.469 e. The predicted octanol–water partition coefficient (Wildman–Crippen LogP) is 9.12. The lowest BCUT2D eigenvalue weighted by atomic mass is 9.88. The first-order chi connectivity index (χ1) is 26.5. The quantitative estimate of drug-likeness (QED) is 0.0181. The summed E-state index contributed by atoms with van der Waals surface area (Å²) in [7, 11) is -4.82. The van der Waals surface area contributed by atoms with Crippen molar-refractivity contribution in [2.45, 2.75) is 186 Å². The highest BCUT2D eigenvalue weighted by Crippen LogP contribution is 2.38. The molecule has 1 saturated carbocycles. The second-order valence-corrected chi connectivity index (χ2v) is 16.2. The van der Waals surface area contributed by atoms with Crippen LogP contribution < -0.4 is 0 Å². The molecule has 55 heavy (non-hydrogen) atoms. The molecule has 318 valence electrons.